The van der Waals surface area contributed by atoms with Gasteiger partial charge in [0.2, 0.25) is 0 Å². The van der Waals surface area contributed by atoms with Gasteiger partial charge in [-0.15, -0.1) is 0 Å². The normalized spacial score (nSPS) is 14.7. The van der Waals surface area contributed by atoms with Gasteiger partial charge in [-0.1, -0.05) is 56.3 Å². The molecule has 0 amide bonds. The highest BCUT2D eigenvalue weighted by molar-refractivity contribution is 5.76. The largest absolute Gasteiger partial charge is 0.0801 e. The molecule has 1 aliphatic rings. The quantitative estimate of drug-likeness (QED) is 0.682. The SMILES string of the molecule is CC(C)Cc1ccc(C2=CCC=C2)cc1. The number of benzene rings is 1. The maximum Gasteiger partial charge on any atom is -0.0157 e. The Morgan fingerprint density at radius 3 is 2.40 bits per heavy atom. The summed E-state index contributed by atoms with van der Waals surface area (Å²) in [5.41, 5.74) is 4.15. The Bertz CT molecular complexity index is 377. The summed E-state index contributed by atoms with van der Waals surface area (Å²) >= 11 is 0. The number of hydrogen-bond acceptors (Lipinski definition) is 0. The smallest absolute Gasteiger partial charge is 0.0157 e. The van der Waals surface area contributed by atoms with Gasteiger partial charge < -0.3 is 0 Å². The van der Waals surface area contributed by atoms with Gasteiger partial charge >= 0.3 is 0 Å². The van der Waals surface area contributed by atoms with E-state index >= 15 is 0 Å². The zero-order valence-corrected chi connectivity index (χ0v) is 9.53. The first kappa shape index (κ1) is 10.2. The molecule has 1 aliphatic carbocycles. The van der Waals surface area contributed by atoms with Crippen molar-refractivity contribution in [2.24, 2.45) is 5.92 Å². The van der Waals surface area contributed by atoms with Gasteiger partial charge in [0, 0.05) is 0 Å². The van der Waals surface area contributed by atoms with Crippen molar-refractivity contribution in [1.29, 1.82) is 0 Å². The molecule has 0 heteroatoms. The summed E-state index contributed by atoms with van der Waals surface area (Å²) in [6.45, 7) is 4.52. The second-order valence-corrected chi connectivity index (χ2v) is 4.59. The van der Waals surface area contributed by atoms with Gasteiger partial charge in [0.1, 0.15) is 0 Å². The molecule has 0 saturated carbocycles. The van der Waals surface area contributed by atoms with Crippen LogP contribution in [0.15, 0.2) is 42.5 Å². The van der Waals surface area contributed by atoms with Gasteiger partial charge in [0.05, 0.1) is 0 Å². The average Bonchev–Trinajstić information content (AvgIpc) is 2.71. The second-order valence-electron chi connectivity index (χ2n) is 4.59. The van der Waals surface area contributed by atoms with Crippen LogP contribution in [0.4, 0.5) is 0 Å². The third kappa shape index (κ3) is 2.59. The van der Waals surface area contributed by atoms with E-state index in [9.17, 15) is 0 Å². The van der Waals surface area contributed by atoms with Crippen molar-refractivity contribution in [1.82, 2.24) is 0 Å². The molecule has 1 aromatic rings. The molecule has 0 bridgehead atoms. The van der Waals surface area contributed by atoms with E-state index in [2.05, 4.69) is 56.3 Å². The lowest BCUT2D eigenvalue weighted by Gasteiger charge is -2.06. The predicted octanol–water partition coefficient (Wildman–Crippen LogP) is 4.23. The van der Waals surface area contributed by atoms with Crippen molar-refractivity contribution in [3.63, 3.8) is 0 Å². The van der Waals surface area contributed by atoms with Crippen molar-refractivity contribution >= 4 is 5.57 Å². The Morgan fingerprint density at radius 2 is 1.87 bits per heavy atom. The lowest BCUT2D eigenvalue weighted by molar-refractivity contribution is 0.647. The maximum absolute atomic E-state index is 2.28. The fourth-order valence-corrected chi connectivity index (χ4v) is 1.98. The zero-order chi connectivity index (χ0) is 10.7. The van der Waals surface area contributed by atoms with Gasteiger partial charge in [0.15, 0.2) is 0 Å². The Balaban J connectivity index is 2.13. The van der Waals surface area contributed by atoms with Gasteiger partial charge in [0.25, 0.3) is 0 Å². The van der Waals surface area contributed by atoms with Gasteiger partial charge in [-0.25, -0.2) is 0 Å². The van der Waals surface area contributed by atoms with E-state index < -0.39 is 0 Å². The third-order valence-electron chi connectivity index (χ3n) is 2.70. The molecule has 0 spiro atoms. The Hall–Kier alpha value is -1.30. The van der Waals surface area contributed by atoms with E-state index in [1.54, 1.807) is 0 Å². The van der Waals surface area contributed by atoms with Crippen molar-refractivity contribution < 1.29 is 0 Å². The van der Waals surface area contributed by atoms with Crippen LogP contribution in [0, 0.1) is 5.92 Å². The fraction of sp³-hybridized carbons (Fsp3) is 0.333. The van der Waals surface area contributed by atoms with Crippen LogP contribution in [0.5, 0.6) is 0 Å². The molecule has 0 heterocycles. The summed E-state index contributed by atoms with van der Waals surface area (Å²) in [5.74, 6) is 0.737. The summed E-state index contributed by atoms with van der Waals surface area (Å²) in [6.07, 6.45) is 8.95. The Morgan fingerprint density at radius 1 is 1.13 bits per heavy atom. The monoisotopic (exact) mass is 198 g/mol. The van der Waals surface area contributed by atoms with Crippen LogP contribution in [0.3, 0.4) is 0 Å². The molecule has 0 atom stereocenters. The van der Waals surface area contributed by atoms with Crippen molar-refractivity contribution in [3.05, 3.63) is 53.6 Å². The van der Waals surface area contributed by atoms with Crippen LogP contribution in [-0.2, 0) is 6.42 Å². The molecule has 1 aromatic carbocycles. The van der Waals surface area contributed by atoms with Crippen molar-refractivity contribution in [2.45, 2.75) is 26.7 Å². The van der Waals surface area contributed by atoms with Crippen LogP contribution >= 0.6 is 0 Å². The molecule has 0 unspecified atom stereocenters. The molecule has 0 radical (unpaired) electrons. The Kier molecular flexibility index (Phi) is 3.05. The molecular formula is C15H18. The maximum atomic E-state index is 2.28. The van der Waals surface area contributed by atoms with E-state index in [4.69, 9.17) is 0 Å². The van der Waals surface area contributed by atoms with Crippen molar-refractivity contribution in [3.8, 4) is 0 Å². The van der Waals surface area contributed by atoms with Gasteiger partial charge in [-0.2, -0.15) is 0 Å². The lowest BCUT2D eigenvalue weighted by atomic mass is 9.99. The minimum absolute atomic E-state index is 0.737. The molecule has 78 valence electrons. The third-order valence-corrected chi connectivity index (χ3v) is 2.70. The molecule has 2 rings (SSSR count). The summed E-state index contributed by atoms with van der Waals surface area (Å²) < 4.78 is 0. The fourth-order valence-electron chi connectivity index (χ4n) is 1.98. The summed E-state index contributed by atoms with van der Waals surface area (Å²) in [6, 6.07) is 8.98. The van der Waals surface area contributed by atoms with E-state index in [1.165, 1.54) is 23.1 Å². The first-order valence-corrected chi connectivity index (χ1v) is 5.72. The predicted molar refractivity (Wildman–Crippen MR) is 66.7 cm³/mol. The van der Waals surface area contributed by atoms with Crippen LogP contribution in [0.25, 0.3) is 5.57 Å². The first-order chi connectivity index (χ1) is 7.25. The van der Waals surface area contributed by atoms with Crippen molar-refractivity contribution in [2.75, 3.05) is 0 Å². The van der Waals surface area contributed by atoms with Crippen LogP contribution < -0.4 is 0 Å². The molecule has 0 aliphatic heterocycles. The van der Waals surface area contributed by atoms with E-state index in [0.717, 1.165) is 12.3 Å². The van der Waals surface area contributed by atoms with Crippen LogP contribution in [-0.4, -0.2) is 0 Å². The van der Waals surface area contributed by atoms with Crippen LogP contribution in [0.1, 0.15) is 31.4 Å². The molecule has 0 nitrogen and oxygen atoms in total. The summed E-state index contributed by atoms with van der Waals surface area (Å²) in [4.78, 5) is 0. The molecule has 15 heavy (non-hydrogen) atoms. The molecule has 0 N–H and O–H groups in total. The van der Waals surface area contributed by atoms with Gasteiger partial charge in [-0.3, -0.25) is 0 Å². The highest BCUT2D eigenvalue weighted by atomic mass is 14.1. The zero-order valence-electron chi connectivity index (χ0n) is 9.53. The number of allylic oxidation sites excluding steroid dienone is 4. The molecule has 0 fully saturated rings. The molecular weight excluding hydrogens is 180 g/mol. The minimum atomic E-state index is 0.737. The standard InChI is InChI=1S/C15H18/c1-12(2)11-13-7-9-15(10-8-13)14-5-3-4-6-14/h3,5-10,12H,4,11H2,1-2H3. The second kappa shape index (κ2) is 4.48. The number of hydrogen-bond donors (Lipinski definition) is 0. The molecule has 0 aromatic heterocycles. The van der Waals surface area contributed by atoms with E-state index in [1.807, 2.05) is 0 Å². The lowest BCUT2D eigenvalue weighted by Crippen LogP contribution is -1.93. The first-order valence-electron chi connectivity index (χ1n) is 5.72. The minimum Gasteiger partial charge on any atom is -0.0801 e. The highest BCUT2D eigenvalue weighted by Gasteiger charge is 2.02. The molecule has 0 saturated heterocycles. The topological polar surface area (TPSA) is 0 Å². The summed E-state index contributed by atoms with van der Waals surface area (Å²) in [7, 11) is 0. The number of rotatable bonds is 3. The average molecular weight is 198 g/mol. The highest BCUT2D eigenvalue weighted by Crippen LogP contribution is 2.22. The summed E-state index contributed by atoms with van der Waals surface area (Å²) in [5, 5.41) is 0. The van der Waals surface area contributed by atoms with E-state index in [-0.39, 0.29) is 0 Å². The van der Waals surface area contributed by atoms with E-state index in [0.29, 0.717) is 0 Å². The van der Waals surface area contributed by atoms with Crippen LogP contribution in [0.2, 0.25) is 0 Å². The van der Waals surface area contributed by atoms with Gasteiger partial charge in [-0.05, 0) is 35.5 Å². The Labute approximate surface area is 92.3 Å².